The average Bonchev–Trinajstić information content (AvgIpc) is 3.48. The van der Waals surface area contributed by atoms with E-state index in [-0.39, 0.29) is 25.4 Å². The number of hydrogen-bond acceptors (Lipinski definition) is 9. The summed E-state index contributed by atoms with van der Waals surface area (Å²) in [5.74, 6) is 0.587. The van der Waals surface area contributed by atoms with Crippen molar-refractivity contribution in [1.29, 1.82) is 0 Å². The van der Waals surface area contributed by atoms with Gasteiger partial charge in [-0.15, -0.1) is 5.10 Å². The summed E-state index contributed by atoms with van der Waals surface area (Å²) < 4.78 is 19.6. The van der Waals surface area contributed by atoms with Gasteiger partial charge >= 0.3 is 6.09 Å². The molecule has 11 heteroatoms. The van der Waals surface area contributed by atoms with Crippen molar-refractivity contribution in [3.8, 4) is 5.69 Å². The van der Waals surface area contributed by atoms with Gasteiger partial charge < -0.3 is 19.3 Å². The molecule has 3 aromatic carbocycles. The summed E-state index contributed by atoms with van der Waals surface area (Å²) in [6.07, 6.45) is 0.412. The lowest BCUT2D eigenvalue weighted by atomic mass is 10.0. The molecular formula is C29H29N5O5S. The van der Waals surface area contributed by atoms with Gasteiger partial charge in [-0.2, -0.15) is 4.68 Å². The summed E-state index contributed by atoms with van der Waals surface area (Å²) in [6, 6.07) is 24.7. The monoisotopic (exact) mass is 559 g/mol. The zero-order chi connectivity index (χ0) is 27.7. The molecular weight excluding hydrogens is 530 g/mol. The number of ether oxygens (including phenoxy) is 3. The molecule has 2 heterocycles. The van der Waals surface area contributed by atoms with Gasteiger partial charge in [0.25, 0.3) is 0 Å². The van der Waals surface area contributed by atoms with Crippen LogP contribution in [0.1, 0.15) is 35.5 Å². The first-order valence-corrected chi connectivity index (χ1v) is 13.7. The summed E-state index contributed by atoms with van der Waals surface area (Å²) in [4.78, 5) is 12.0. The normalized spacial score (nSPS) is 18.7. The first-order chi connectivity index (χ1) is 19.6. The number of amides is 1. The lowest BCUT2D eigenvalue weighted by molar-refractivity contribution is -0.245. The van der Waals surface area contributed by atoms with Gasteiger partial charge in [0.05, 0.1) is 24.5 Å². The Morgan fingerprint density at radius 2 is 1.93 bits per heavy atom. The number of aliphatic hydroxyl groups excluding tert-OH is 1. The lowest BCUT2D eigenvalue weighted by Gasteiger charge is -2.36. The molecule has 0 aliphatic carbocycles. The van der Waals surface area contributed by atoms with Crippen molar-refractivity contribution in [2.24, 2.45) is 0 Å². The molecule has 10 nitrogen and oxygen atoms in total. The number of anilines is 1. The second kappa shape index (κ2) is 13.4. The molecule has 3 unspecified atom stereocenters. The molecule has 1 aliphatic heterocycles. The molecule has 1 saturated heterocycles. The Hall–Kier alpha value is -4.03. The first kappa shape index (κ1) is 27.5. The maximum absolute atomic E-state index is 12.0. The third-order valence-electron chi connectivity index (χ3n) is 6.19. The fourth-order valence-electron chi connectivity index (χ4n) is 4.24. The van der Waals surface area contributed by atoms with E-state index in [0.29, 0.717) is 23.0 Å². The number of nitrogens with zero attached hydrogens (tertiary/aromatic N) is 4. The number of aliphatic hydroxyl groups is 1. The smallest absolute Gasteiger partial charge is 0.411 e. The summed E-state index contributed by atoms with van der Waals surface area (Å²) in [5, 5.41) is 25.0. The molecule has 1 aliphatic rings. The molecule has 206 valence electrons. The summed E-state index contributed by atoms with van der Waals surface area (Å²) in [5.41, 5.74) is 3.99. The van der Waals surface area contributed by atoms with Crippen LogP contribution < -0.4 is 5.32 Å². The fourth-order valence-corrected chi connectivity index (χ4v) is 5.15. The average molecular weight is 560 g/mol. The van der Waals surface area contributed by atoms with E-state index in [9.17, 15) is 9.90 Å². The van der Waals surface area contributed by atoms with Crippen molar-refractivity contribution in [2.45, 2.75) is 36.7 Å². The molecule has 1 fully saturated rings. The SMILES string of the molecule is C=CCOC(=O)Nc1cccc(C2OC(CSc3nnnn3-c3ccccc3)CC(c3ccc(CO)cc3)O2)c1. The van der Waals surface area contributed by atoms with E-state index < -0.39 is 12.4 Å². The maximum Gasteiger partial charge on any atom is 0.411 e. The quantitative estimate of drug-likeness (QED) is 0.199. The Kier molecular flexibility index (Phi) is 9.19. The Bertz CT molecular complexity index is 1420. The van der Waals surface area contributed by atoms with Gasteiger partial charge in [-0.1, -0.05) is 79.0 Å². The molecule has 0 radical (unpaired) electrons. The molecule has 0 spiro atoms. The Balaban J connectivity index is 1.34. The van der Waals surface area contributed by atoms with Crippen LogP contribution in [0, 0.1) is 0 Å². The number of nitrogens with one attached hydrogen (secondary N) is 1. The number of tetrazole rings is 1. The number of carbonyl (C=O) groups excluding carboxylic acids is 1. The minimum Gasteiger partial charge on any atom is -0.445 e. The van der Waals surface area contributed by atoms with E-state index in [0.717, 1.165) is 22.4 Å². The van der Waals surface area contributed by atoms with Crippen LogP contribution >= 0.6 is 11.8 Å². The van der Waals surface area contributed by atoms with Crippen LogP contribution in [0.2, 0.25) is 0 Å². The van der Waals surface area contributed by atoms with Crippen LogP contribution in [0.4, 0.5) is 10.5 Å². The molecule has 2 N–H and O–H groups in total. The maximum atomic E-state index is 12.0. The van der Waals surface area contributed by atoms with Crippen molar-refractivity contribution in [3.05, 3.63) is 108 Å². The number of benzene rings is 3. The van der Waals surface area contributed by atoms with Gasteiger partial charge in [0.15, 0.2) is 6.29 Å². The number of rotatable bonds is 10. The predicted octanol–water partition coefficient (Wildman–Crippen LogP) is 5.23. The number of thioether (sulfide) groups is 1. The van der Waals surface area contributed by atoms with E-state index in [1.807, 2.05) is 66.7 Å². The van der Waals surface area contributed by atoms with E-state index >= 15 is 0 Å². The highest BCUT2D eigenvalue weighted by Crippen LogP contribution is 2.39. The highest BCUT2D eigenvalue weighted by molar-refractivity contribution is 7.99. The van der Waals surface area contributed by atoms with Crippen LogP contribution in [0.5, 0.6) is 0 Å². The largest absolute Gasteiger partial charge is 0.445 e. The summed E-state index contributed by atoms with van der Waals surface area (Å²) in [6.45, 7) is 3.64. The molecule has 0 bridgehead atoms. The van der Waals surface area contributed by atoms with Gasteiger partial charge in [-0.05, 0) is 45.8 Å². The Morgan fingerprint density at radius 1 is 1.10 bits per heavy atom. The highest BCUT2D eigenvalue weighted by atomic mass is 32.2. The number of para-hydroxylation sites is 1. The van der Waals surface area contributed by atoms with Gasteiger partial charge in [-0.3, -0.25) is 5.32 Å². The minimum absolute atomic E-state index is 0.0258. The Morgan fingerprint density at radius 3 is 2.70 bits per heavy atom. The Labute approximate surface area is 236 Å². The summed E-state index contributed by atoms with van der Waals surface area (Å²) >= 11 is 1.51. The number of aromatic nitrogens is 4. The lowest BCUT2D eigenvalue weighted by Crippen LogP contribution is -2.31. The molecule has 3 atom stereocenters. The molecule has 1 aromatic heterocycles. The standard InChI is InChI=1S/C29H29N5O5S/c1-2-15-37-29(36)30-23-8-6-7-22(16-23)27-38-25(17-26(39-27)21-13-11-20(18-35)12-14-21)19-40-28-31-32-33-34(28)24-9-4-3-5-10-24/h2-14,16,25-27,35H,1,15,17-19H2,(H,30,36). The molecule has 4 aromatic rings. The first-order valence-electron chi connectivity index (χ1n) is 12.7. The van der Waals surface area contributed by atoms with Crippen molar-refractivity contribution in [2.75, 3.05) is 17.7 Å². The van der Waals surface area contributed by atoms with Gasteiger partial charge in [0.1, 0.15) is 6.61 Å². The zero-order valence-electron chi connectivity index (χ0n) is 21.6. The van der Waals surface area contributed by atoms with Crippen LogP contribution in [-0.4, -0.2) is 49.9 Å². The van der Waals surface area contributed by atoms with Gasteiger partial charge in [-0.25, -0.2) is 4.79 Å². The predicted molar refractivity (Wildman–Crippen MR) is 150 cm³/mol. The van der Waals surface area contributed by atoms with Crippen LogP contribution in [0.15, 0.2) is 96.7 Å². The van der Waals surface area contributed by atoms with Crippen molar-refractivity contribution in [3.63, 3.8) is 0 Å². The topological polar surface area (TPSA) is 121 Å². The molecule has 0 saturated carbocycles. The van der Waals surface area contributed by atoms with Crippen molar-refractivity contribution < 1.29 is 24.1 Å². The van der Waals surface area contributed by atoms with Crippen LogP contribution in [0.3, 0.4) is 0 Å². The fraction of sp³-hybridized carbons (Fsp3) is 0.241. The molecule has 5 rings (SSSR count). The third-order valence-corrected chi connectivity index (χ3v) is 7.24. The van der Waals surface area contributed by atoms with E-state index in [2.05, 4.69) is 27.4 Å². The zero-order valence-corrected chi connectivity index (χ0v) is 22.4. The number of hydrogen-bond donors (Lipinski definition) is 2. The van der Waals surface area contributed by atoms with Crippen LogP contribution in [0.25, 0.3) is 5.69 Å². The second-order valence-electron chi connectivity index (χ2n) is 9.01. The minimum atomic E-state index is -0.682. The van der Waals surface area contributed by atoms with E-state index in [1.54, 1.807) is 16.8 Å². The highest BCUT2D eigenvalue weighted by Gasteiger charge is 2.33. The van der Waals surface area contributed by atoms with Crippen molar-refractivity contribution in [1.82, 2.24) is 20.2 Å². The molecule has 1 amide bonds. The third kappa shape index (κ3) is 6.93. The van der Waals surface area contributed by atoms with Gasteiger partial charge in [0.2, 0.25) is 5.16 Å². The van der Waals surface area contributed by atoms with Gasteiger partial charge in [0, 0.05) is 23.4 Å². The second-order valence-corrected chi connectivity index (χ2v) is 9.99. The van der Waals surface area contributed by atoms with Crippen molar-refractivity contribution >= 4 is 23.5 Å². The van der Waals surface area contributed by atoms with E-state index in [1.165, 1.54) is 17.8 Å². The summed E-state index contributed by atoms with van der Waals surface area (Å²) in [7, 11) is 0. The number of carbonyl (C=O) groups is 1. The van der Waals surface area contributed by atoms with E-state index in [4.69, 9.17) is 14.2 Å². The van der Waals surface area contributed by atoms with Crippen LogP contribution in [-0.2, 0) is 20.8 Å². The molecule has 40 heavy (non-hydrogen) atoms.